The van der Waals surface area contributed by atoms with Crippen molar-refractivity contribution in [2.24, 2.45) is 0 Å². The van der Waals surface area contributed by atoms with Gasteiger partial charge in [0.25, 0.3) is 0 Å². The molecule has 0 saturated carbocycles. The summed E-state index contributed by atoms with van der Waals surface area (Å²) in [5, 5.41) is 3.39. The van der Waals surface area contributed by atoms with Gasteiger partial charge in [0.2, 0.25) is 0 Å². The van der Waals surface area contributed by atoms with Crippen LogP contribution in [0.15, 0.2) is 42.6 Å². The van der Waals surface area contributed by atoms with Crippen molar-refractivity contribution in [3.05, 3.63) is 59.4 Å². The van der Waals surface area contributed by atoms with Crippen LogP contribution in [0.2, 0.25) is 0 Å². The second-order valence-electron chi connectivity index (χ2n) is 6.60. The molecule has 2 heterocycles. The number of benzene rings is 1. The summed E-state index contributed by atoms with van der Waals surface area (Å²) in [4.78, 5) is 4.51. The third-order valence-electron chi connectivity index (χ3n) is 4.32. The molecule has 1 aromatic carbocycles. The topological polar surface area (TPSA) is 43.4 Å². The van der Waals surface area contributed by atoms with E-state index in [9.17, 15) is 0 Å². The Labute approximate surface area is 144 Å². The number of pyridine rings is 1. The number of nitrogens with one attached hydrogen (secondary N) is 1. The van der Waals surface area contributed by atoms with Crippen LogP contribution in [-0.4, -0.2) is 30.8 Å². The second kappa shape index (κ2) is 7.77. The lowest BCUT2D eigenvalue weighted by Crippen LogP contribution is -2.43. The van der Waals surface area contributed by atoms with Gasteiger partial charge in [0.15, 0.2) is 6.10 Å². The summed E-state index contributed by atoms with van der Waals surface area (Å²) in [6.07, 6.45) is 1.54. The number of rotatable bonds is 5. The largest absolute Gasteiger partial charge is 0.481 e. The third kappa shape index (κ3) is 3.94. The standard InChI is InChI=1S/C20H26N2O2/c1-14(2)16-8-7-15(3)12-18(16)24-20(17-6-4-5-9-22-17)19-13-21-10-11-23-19/h4-9,12,14,19-21H,10-11,13H2,1-3H3/t19-,20-/m0/s1. The van der Waals surface area contributed by atoms with Crippen molar-refractivity contribution in [2.75, 3.05) is 19.7 Å². The smallest absolute Gasteiger partial charge is 0.168 e. The van der Waals surface area contributed by atoms with Crippen LogP contribution in [0.4, 0.5) is 0 Å². The molecule has 0 amide bonds. The summed E-state index contributed by atoms with van der Waals surface area (Å²) in [6.45, 7) is 8.81. The molecule has 128 valence electrons. The molecule has 1 N–H and O–H groups in total. The van der Waals surface area contributed by atoms with Crippen molar-refractivity contribution in [2.45, 2.75) is 38.9 Å². The van der Waals surface area contributed by atoms with E-state index in [1.807, 2.05) is 24.4 Å². The molecule has 3 rings (SSSR count). The fourth-order valence-corrected chi connectivity index (χ4v) is 3.01. The maximum atomic E-state index is 6.49. The van der Waals surface area contributed by atoms with E-state index in [1.54, 1.807) is 0 Å². The Morgan fingerprint density at radius 2 is 2.12 bits per heavy atom. The lowest BCUT2D eigenvalue weighted by Gasteiger charge is -2.32. The molecule has 4 heteroatoms. The number of aromatic nitrogens is 1. The van der Waals surface area contributed by atoms with Gasteiger partial charge in [-0.15, -0.1) is 0 Å². The molecular formula is C20H26N2O2. The van der Waals surface area contributed by atoms with Crippen LogP contribution in [0.25, 0.3) is 0 Å². The molecule has 2 aromatic rings. The van der Waals surface area contributed by atoms with E-state index in [0.717, 1.165) is 24.5 Å². The van der Waals surface area contributed by atoms with Crippen LogP contribution < -0.4 is 10.1 Å². The Balaban J connectivity index is 1.93. The van der Waals surface area contributed by atoms with E-state index in [0.29, 0.717) is 12.5 Å². The first-order valence-corrected chi connectivity index (χ1v) is 8.65. The van der Waals surface area contributed by atoms with Crippen molar-refractivity contribution < 1.29 is 9.47 Å². The number of hydrogen-bond donors (Lipinski definition) is 1. The van der Waals surface area contributed by atoms with E-state index in [4.69, 9.17) is 9.47 Å². The van der Waals surface area contributed by atoms with Gasteiger partial charge in [-0.3, -0.25) is 4.98 Å². The predicted octanol–water partition coefficient (Wildman–Crippen LogP) is 3.62. The minimum atomic E-state index is -0.224. The second-order valence-corrected chi connectivity index (χ2v) is 6.60. The summed E-state index contributed by atoms with van der Waals surface area (Å²) >= 11 is 0. The van der Waals surface area contributed by atoms with Gasteiger partial charge in [-0.25, -0.2) is 0 Å². The Bertz CT molecular complexity index is 652. The van der Waals surface area contributed by atoms with E-state index < -0.39 is 0 Å². The molecule has 1 aliphatic rings. The molecule has 0 aliphatic carbocycles. The Kier molecular flexibility index (Phi) is 5.48. The van der Waals surface area contributed by atoms with Gasteiger partial charge in [0.05, 0.1) is 12.3 Å². The number of hydrogen-bond acceptors (Lipinski definition) is 4. The van der Waals surface area contributed by atoms with Crippen LogP contribution in [-0.2, 0) is 4.74 Å². The average Bonchev–Trinajstić information content (AvgIpc) is 2.61. The van der Waals surface area contributed by atoms with Crippen LogP contribution in [0.1, 0.15) is 42.7 Å². The van der Waals surface area contributed by atoms with E-state index in [2.05, 4.69) is 49.3 Å². The highest BCUT2D eigenvalue weighted by molar-refractivity contribution is 5.39. The maximum Gasteiger partial charge on any atom is 0.168 e. The maximum absolute atomic E-state index is 6.49. The van der Waals surface area contributed by atoms with Gasteiger partial charge in [0.1, 0.15) is 11.9 Å². The normalized spacial score (nSPS) is 19.2. The zero-order valence-electron chi connectivity index (χ0n) is 14.7. The zero-order valence-corrected chi connectivity index (χ0v) is 14.7. The van der Waals surface area contributed by atoms with Crippen molar-refractivity contribution in [1.82, 2.24) is 10.3 Å². The quantitative estimate of drug-likeness (QED) is 0.911. The highest BCUT2D eigenvalue weighted by Crippen LogP contribution is 2.33. The minimum absolute atomic E-state index is 0.0471. The molecule has 4 nitrogen and oxygen atoms in total. The van der Waals surface area contributed by atoms with Gasteiger partial charge in [0, 0.05) is 19.3 Å². The summed E-state index contributed by atoms with van der Waals surface area (Å²) in [7, 11) is 0. The number of ether oxygens (including phenoxy) is 2. The van der Waals surface area contributed by atoms with Crippen LogP contribution in [0.3, 0.4) is 0 Å². The van der Waals surface area contributed by atoms with Gasteiger partial charge in [-0.05, 0) is 42.2 Å². The SMILES string of the molecule is Cc1ccc(C(C)C)c(O[C@@H](c2ccccn2)[C@@H]2CNCCO2)c1. The van der Waals surface area contributed by atoms with Crippen LogP contribution in [0, 0.1) is 6.92 Å². The molecule has 1 fully saturated rings. The predicted molar refractivity (Wildman–Crippen MR) is 95.5 cm³/mol. The number of morpholine rings is 1. The van der Waals surface area contributed by atoms with Gasteiger partial charge in [-0.2, -0.15) is 0 Å². The van der Waals surface area contributed by atoms with Gasteiger partial charge in [-0.1, -0.05) is 32.0 Å². The lowest BCUT2D eigenvalue weighted by atomic mass is 10.00. The van der Waals surface area contributed by atoms with Crippen molar-refractivity contribution in [1.29, 1.82) is 0 Å². The monoisotopic (exact) mass is 326 g/mol. The summed E-state index contributed by atoms with van der Waals surface area (Å²) in [6, 6.07) is 12.3. The molecule has 0 bridgehead atoms. The molecule has 1 aromatic heterocycles. The average molecular weight is 326 g/mol. The molecule has 0 unspecified atom stereocenters. The first-order chi connectivity index (χ1) is 11.6. The molecule has 0 spiro atoms. The Morgan fingerprint density at radius 1 is 1.25 bits per heavy atom. The Morgan fingerprint density at radius 3 is 2.79 bits per heavy atom. The first-order valence-electron chi connectivity index (χ1n) is 8.65. The zero-order chi connectivity index (χ0) is 16.9. The molecule has 24 heavy (non-hydrogen) atoms. The molecule has 2 atom stereocenters. The molecular weight excluding hydrogens is 300 g/mol. The highest BCUT2D eigenvalue weighted by atomic mass is 16.5. The van der Waals surface area contributed by atoms with Crippen molar-refractivity contribution in [3.8, 4) is 5.75 Å². The molecule has 1 saturated heterocycles. The minimum Gasteiger partial charge on any atom is -0.481 e. The summed E-state index contributed by atoms with van der Waals surface area (Å²) in [5.74, 6) is 1.32. The molecule has 1 aliphatic heterocycles. The summed E-state index contributed by atoms with van der Waals surface area (Å²) in [5.41, 5.74) is 3.31. The molecule has 0 radical (unpaired) electrons. The van der Waals surface area contributed by atoms with E-state index in [-0.39, 0.29) is 12.2 Å². The Hall–Kier alpha value is -1.91. The van der Waals surface area contributed by atoms with Gasteiger partial charge < -0.3 is 14.8 Å². The highest BCUT2D eigenvalue weighted by Gasteiger charge is 2.29. The number of nitrogens with zero attached hydrogens (tertiary/aromatic N) is 1. The summed E-state index contributed by atoms with van der Waals surface area (Å²) < 4.78 is 12.5. The van der Waals surface area contributed by atoms with E-state index >= 15 is 0 Å². The lowest BCUT2D eigenvalue weighted by molar-refractivity contribution is -0.0450. The fraction of sp³-hybridized carbons (Fsp3) is 0.450. The van der Waals surface area contributed by atoms with Crippen molar-refractivity contribution in [3.63, 3.8) is 0 Å². The number of aryl methyl sites for hydroxylation is 1. The van der Waals surface area contributed by atoms with Crippen molar-refractivity contribution >= 4 is 0 Å². The fourth-order valence-electron chi connectivity index (χ4n) is 3.01. The van der Waals surface area contributed by atoms with Crippen LogP contribution in [0.5, 0.6) is 5.75 Å². The van der Waals surface area contributed by atoms with Gasteiger partial charge >= 0.3 is 0 Å². The van der Waals surface area contributed by atoms with E-state index in [1.165, 1.54) is 11.1 Å². The third-order valence-corrected chi connectivity index (χ3v) is 4.32. The van der Waals surface area contributed by atoms with Crippen LogP contribution >= 0.6 is 0 Å². The first kappa shape index (κ1) is 16.9.